The van der Waals surface area contributed by atoms with Crippen molar-refractivity contribution in [1.29, 1.82) is 0 Å². The Bertz CT molecular complexity index is 1910. The first-order chi connectivity index (χ1) is 20.1. The molecule has 0 atom stereocenters. The van der Waals surface area contributed by atoms with Gasteiger partial charge in [0.1, 0.15) is 0 Å². The van der Waals surface area contributed by atoms with Crippen LogP contribution in [0.5, 0.6) is 23.0 Å². The molecule has 5 nitrogen and oxygen atoms in total. The van der Waals surface area contributed by atoms with Crippen molar-refractivity contribution in [2.75, 3.05) is 0 Å². The van der Waals surface area contributed by atoms with Crippen molar-refractivity contribution in [2.45, 2.75) is 19.3 Å². The predicted octanol–water partition coefficient (Wildman–Crippen LogP) is 9.08. The van der Waals surface area contributed by atoms with Gasteiger partial charge in [0.15, 0.2) is 40.5 Å². The smallest absolute Gasteiger partial charge is 0.178 e. The topological polar surface area (TPSA) is 57.1 Å². The lowest BCUT2D eigenvalue weighted by Crippen LogP contribution is -2.15. The second-order valence-electron chi connectivity index (χ2n) is 10.9. The standard InChI is InChI=1S/C36H25N3O2/c1-36(2)26-19-20-30-32(41-29-16-10-9-15-28(29)40-30)31(26)25-18-17-24(21-27(25)36)35-38-33(22-11-5-3-6-12-22)37-34(39-35)23-13-7-4-8-14-23/h3-21H,1-2H3. The Morgan fingerprint density at radius 2 is 1.05 bits per heavy atom. The van der Waals surface area contributed by atoms with E-state index in [2.05, 4.69) is 38.1 Å². The Morgan fingerprint density at radius 1 is 0.488 bits per heavy atom. The summed E-state index contributed by atoms with van der Waals surface area (Å²) in [7, 11) is 0. The minimum absolute atomic E-state index is 0.256. The average molecular weight is 532 g/mol. The zero-order valence-electron chi connectivity index (χ0n) is 22.6. The van der Waals surface area contributed by atoms with Crippen LogP contribution in [0.4, 0.5) is 0 Å². The first-order valence-electron chi connectivity index (χ1n) is 13.7. The predicted molar refractivity (Wildman–Crippen MR) is 160 cm³/mol. The molecule has 2 aliphatic rings. The highest BCUT2D eigenvalue weighted by atomic mass is 16.6. The fourth-order valence-electron chi connectivity index (χ4n) is 5.88. The number of aromatic nitrogens is 3. The van der Waals surface area contributed by atoms with Gasteiger partial charge in [-0.2, -0.15) is 0 Å². The first kappa shape index (κ1) is 23.6. The van der Waals surface area contributed by atoms with Crippen LogP contribution in [0.3, 0.4) is 0 Å². The summed E-state index contributed by atoms with van der Waals surface area (Å²) in [5.41, 5.74) is 7.20. The number of benzene rings is 5. The van der Waals surface area contributed by atoms with E-state index in [1.54, 1.807) is 0 Å². The molecule has 0 fully saturated rings. The Balaban J connectivity index is 1.28. The molecule has 2 heterocycles. The van der Waals surface area contributed by atoms with Crippen LogP contribution in [0, 0.1) is 0 Å². The number of para-hydroxylation sites is 2. The summed E-state index contributed by atoms with van der Waals surface area (Å²) < 4.78 is 12.7. The third-order valence-electron chi connectivity index (χ3n) is 8.00. The zero-order valence-corrected chi connectivity index (χ0v) is 22.6. The van der Waals surface area contributed by atoms with E-state index in [0.29, 0.717) is 17.5 Å². The van der Waals surface area contributed by atoms with E-state index in [1.807, 2.05) is 91.0 Å². The number of hydrogen-bond acceptors (Lipinski definition) is 5. The Labute approximate surface area is 238 Å². The molecule has 6 aromatic rings. The van der Waals surface area contributed by atoms with E-state index < -0.39 is 0 Å². The van der Waals surface area contributed by atoms with E-state index in [-0.39, 0.29) is 5.41 Å². The normalized spacial score (nSPS) is 13.7. The van der Waals surface area contributed by atoms with Crippen molar-refractivity contribution < 1.29 is 9.47 Å². The molecular formula is C36H25N3O2. The third kappa shape index (κ3) is 3.74. The molecule has 8 rings (SSSR count). The number of ether oxygens (including phenoxy) is 2. The van der Waals surface area contributed by atoms with Crippen LogP contribution < -0.4 is 9.47 Å². The van der Waals surface area contributed by atoms with Crippen molar-refractivity contribution >= 4 is 0 Å². The third-order valence-corrected chi connectivity index (χ3v) is 8.00. The van der Waals surface area contributed by atoms with Crippen molar-refractivity contribution in [3.8, 4) is 68.3 Å². The Hall–Kier alpha value is -5.29. The van der Waals surface area contributed by atoms with E-state index >= 15 is 0 Å². The monoisotopic (exact) mass is 531 g/mol. The van der Waals surface area contributed by atoms with Gasteiger partial charge in [-0.1, -0.05) is 105 Å². The Kier molecular flexibility index (Phi) is 5.10. The van der Waals surface area contributed by atoms with Gasteiger partial charge in [0.05, 0.1) is 0 Å². The maximum atomic E-state index is 6.46. The molecule has 0 saturated carbocycles. The summed E-state index contributed by atoms with van der Waals surface area (Å²) in [5, 5.41) is 0. The minimum atomic E-state index is -0.256. The number of hydrogen-bond donors (Lipinski definition) is 0. The molecule has 0 saturated heterocycles. The molecule has 1 aromatic heterocycles. The second-order valence-corrected chi connectivity index (χ2v) is 10.9. The molecule has 1 aliphatic carbocycles. The number of nitrogens with zero attached hydrogens (tertiary/aromatic N) is 3. The average Bonchev–Trinajstić information content (AvgIpc) is 3.26. The lowest BCUT2D eigenvalue weighted by molar-refractivity contribution is 0.360. The van der Waals surface area contributed by atoms with Crippen LogP contribution in [0.1, 0.15) is 25.0 Å². The summed E-state index contributed by atoms with van der Waals surface area (Å²) >= 11 is 0. The van der Waals surface area contributed by atoms with Crippen LogP contribution in [0.15, 0.2) is 115 Å². The van der Waals surface area contributed by atoms with Gasteiger partial charge < -0.3 is 9.47 Å². The van der Waals surface area contributed by atoms with Gasteiger partial charge in [0.25, 0.3) is 0 Å². The molecule has 0 amide bonds. The molecule has 5 heteroatoms. The van der Waals surface area contributed by atoms with Gasteiger partial charge in [-0.25, -0.2) is 15.0 Å². The zero-order chi connectivity index (χ0) is 27.6. The van der Waals surface area contributed by atoms with Crippen LogP contribution in [-0.4, -0.2) is 15.0 Å². The summed E-state index contributed by atoms with van der Waals surface area (Å²) in [6.45, 7) is 4.51. The number of fused-ring (bicyclic) bond motifs is 6. The maximum Gasteiger partial charge on any atom is 0.178 e. The fraction of sp³-hybridized carbons (Fsp3) is 0.0833. The molecule has 0 spiro atoms. The van der Waals surface area contributed by atoms with Crippen molar-refractivity contribution in [3.05, 3.63) is 126 Å². The van der Waals surface area contributed by atoms with Crippen LogP contribution in [-0.2, 0) is 5.41 Å². The SMILES string of the molecule is CC1(C)c2cc(-c3nc(-c4ccccc4)nc(-c4ccccc4)n3)ccc2-c2c1ccc1c2Oc2ccccc2O1. The van der Waals surface area contributed by atoms with Gasteiger partial charge in [-0.15, -0.1) is 0 Å². The van der Waals surface area contributed by atoms with Gasteiger partial charge in [-0.3, -0.25) is 0 Å². The van der Waals surface area contributed by atoms with E-state index in [4.69, 9.17) is 24.4 Å². The van der Waals surface area contributed by atoms with Crippen LogP contribution in [0.25, 0.3) is 45.3 Å². The molecule has 0 bridgehead atoms. The van der Waals surface area contributed by atoms with Gasteiger partial charge in [-0.05, 0) is 41.0 Å². The highest BCUT2D eigenvalue weighted by Crippen LogP contribution is 2.58. The lowest BCUT2D eigenvalue weighted by atomic mass is 9.82. The summed E-state index contributed by atoms with van der Waals surface area (Å²) in [5.74, 6) is 4.88. The lowest BCUT2D eigenvalue weighted by Gasteiger charge is -2.25. The highest BCUT2D eigenvalue weighted by Gasteiger charge is 2.40. The molecule has 0 N–H and O–H groups in total. The fourth-order valence-corrected chi connectivity index (χ4v) is 5.88. The molecular weight excluding hydrogens is 506 g/mol. The van der Waals surface area contributed by atoms with E-state index in [0.717, 1.165) is 50.8 Å². The van der Waals surface area contributed by atoms with E-state index in [9.17, 15) is 0 Å². The minimum Gasteiger partial charge on any atom is -0.449 e. The molecule has 196 valence electrons. The molecule has 0 radical (unpaired) electrons. The van der Waals surface area contributed by atoms with E-state index in [1.165, 1.54) is 11.1 Å². The largest absolute Gasteiger partial charge is 0.449 e. The maximum absolute atomic E-state index is 6.46. The summed E-state index contributed by atoms with van der Waals surface area (Å²) in [6.07, 6.45) is 0. The van der Waals surface area contributed by atoms with Gasteiger partial charge in [0, 0.05) is 27.7 Å². The summed E-state index contributed by atoms with van der Waals surface area (Å²) in [6, 6.07) is 38.5. The van der Waals surface area contributed by atoms with Crippen molar-refractivity contribution in [3.63, 3.8) is 0 Å². The van der Waals surface area contributed by atoms with Crippen LogP contribution in [0.2, 0.25) is 0 Å². The second kappa shape index (κ2) is 8.86. The van der Waals surface area contributed by atoms with Gasteiger partial charge >= 0.3 is 0 Å². The molecule has 5 aromatic carbocycles. The molecule has 0 unspecified atom stereocenters. The van der Waals surface area contributed by atoms with Crippen molar-refractivity contribution in [2.24, 2.45) is 0 Å². The quantitative estimate of drug-likeness (QED) is 0.228. The van der Waals surface area contributed by atoms with Crippen LogP contribution >= 0.6 is 0 Å². The van der Waals surface area contributed by atoms with Crippen molar-refractivity contribution in [1.82, 2.24) is 15.0 Å². The first-order valence-corrected chi connectivity index (χ1v) is 13.7. The Morgan fingerprint density at radius 3 is 1.68 bits per heavy atom. The highest BCUT2D eigenvalue weighted by molar-refractivity contribution is 5.89. The number of rotatable bonds is 3. The van der Waals surface area contributed by atoms with Gasteiger partial charge in [0.2, 0.25) is 0 Å². The molecule has 1 aliphatic heterocycles. The molecule has 41 heavy (non-hydrogen) atoms. The summed E-state index contributed by atoms with van der Waals surface area (Å²) in [4.78, 5) is 14.7.